The monoisotopic (exact) mass is 372 g/mol. The number of H-pyrrole nitrogens is 1. The lowest BCUT2D eigenvalue weighted by atomic mass is 10.1. The molecular formula is C22H20N4O2. The molecule has 1 atom stereocenters. The van der Waals surface area contributed by atoms with Gasteiger partial charge in [-0.05, 0) is 42.8 Å². The van der Waals surface area contributed by atoms with Gasteiger partial charge in [-0.15, -0.1) is 0 Å². The predicted octanol–water partition coefficient (Wildman–Crippen LogP) is 4.31. The number of fused-ring (bicyclic) bond motifs is 1. The van der Waals surface area contributed by atoms with Crippen molar-refractivity contribution in [3.05, 3.63) is 89.0 Å². The van der Waals surface area contributed by atoms with E-state index in [1.54, 1.807) is 18.5 Å². The first-order valence-electron chi connectivity index (χ1n) is 9.01. The lowest BCUT2D eigenvalue weighted by molar-refractivity contribution is 0.442. The molecule has 0 spiro atoms. The Morgan fingerprint density at radius 1 is 1.04 bits per heavy atom. The minimum Gasteiger partial charge on any atom is -0.426 e. The van der Waals surface area contributed by atoms with Gasteiger partial charge in [0.15, 0.2) is 0 Å². The third-order valence-corrected chi connectivity index (χ3v) is 4.81. The van der Waals surface area contributed by atoms with E-state index in [-0.39, 0.29) is 17.6 Å². The van der Waals surface area contributed by atoms with Gasteiger partial charge in [0.25, 0.3) is 5.56 Å². The van der Waals surface area contributed by atoms with Gasteiger partial charge in [-0.3, -0.25) is 14.8 Å². The van der Waals surface area contributed by atoms with E-state index in [1.807, 2.05) is 42.5 Å². The summed E-state index contributed by atoms with van der Waals surface area (Å²) < 4.78 is 5.73. The Labute approximate surface area is 162 Å². The van der Waals surface area contributed by atoms with Crippen molar-refractivity contribution >= 4 is 16.6 Å². The van der Waals surface area contributed by atoms with Crippen molar-refractivity contribution in [2.45, 2.75) is 13.0 Å². The fourth-order valence-corrected chi connectivity index (χ4v) is 3.06. The van der Waals surface area contributed by atoms with Gasteiger partial charge in [0, 0.05) is 18.9 Å². The molecule has 28 heavy (non-hydrogen) atoms. The molecule has 2 aromatic heterocycles. The highest BCUT2D eigenvalue weighted by Crippen LogP contribution is 2.27. The topological polar surface area (TPSA) is 71.1 Å². The number of nitrogens with one attached hydrogen (secondary N) is 1. The van der Waals surface area contributed by atoms with E-state index in [1.165, 1.54) is 5.56 Å². The van der Waals surface area contributed by atoms with Crippen molar-refractivity contribution in [2.24, 2.45) is 0 Å². The maximum Gasteiger partial charge on any atom is 0.302 e. The van der Waals surface area contributed by atoms with Crippen LogP contribution in [0.1, 0.15) is 18.5 Å². The molecule has 1 N–H and O–H groups in total. The summed E-state index contributed by atoms with van der Waals surface area (Å²) in [4.78, 5) is 25.3. The maximum absolute atomic E-state index is 12.1. The summed E-state index contributed by atoms with van der Waals surface area (Å²) in [6.45, 7) is 2.16. The zero-order chi connectivity index (χ0) is 19.5. The third-order valence-electron chi connectivity index (χ3n) is 4.81. The summed E-state index contributed by atoms with van der Waals surface area (Å²) in [5.41, 5.74) is 2.55. The lowest BCUT2D eigenvalue weighted by Gasteiger charge is -2.27. The standard InChI is InChI=1S/C22H20N4O2/c1-15(16-6-4-3-5-7-16)26(2)17-8-10-18(11-9-17)28-22-24-20-14-23-13-12-19(20)21(27)25-22/h3-15H,1-2H3,(H,24,25,27)/t15-/m1/s1. The van der Waals surface area contributed by atoms with Gasteiger partial charge in [-0.25, -0.2) is 0 Å². The highest BCUT2D eigenvalue weighted by Gasteiger charge is 2.12. The van der Waals surface area contributed by atoms with Crippen LogP contribution < -0.4 is 15.2 Å². The number of benzene rings is 2. The summed E-state index contributed by atoms with van der Waals surface area (Å²) >= 11 is 0. The molecule has 0 aliphatic carbocycles. The molecule has 0 radical (unpaired) electrons. The van der Waals surface area contributed by atoms with Crippen molar-refractivity contribution in [3.8, 4) is 11.8 Å². The molecular weight excluding hydrogens is 352 g/mol. The van der Waals surface area contributed by atoms with Gasteiger partial charge in [-0.2, -0.15) is 4.98 Å². The number of anilines is 1. The van der Waals surface area contributed by atoms with Crippen LogP contribution in [0.25, 0.3) is 10.9 Å². The molecule has 0 aliphatic heterocycles. The molecule has 2 heterocycles. The zero-order valence-corrected chi connectivity index (χ0v) is 15.7. The SMILES string of the molecule is C[C@H](c1ccccc1)N(C)c1ccc(Oc2nc3cnccc3c(=O)[nH]2)cc1. The van der Waals surface area contributed by atoms with Gasteiger partial charge in [0.05, 0.1) is 23.1 Å². The Hall–Kier alpha value is -3.67. The predicted molar refractivity (Wildman–Crippen MR) is 110 cm³/mol. The molecule has 0 bridgehead atoms. The summed E-state index contributed by atoms with van der Waals surface area (Å²) in [5, 5.41) is 0.481. The van der Waals surface area contributed by atoms with E-state index < -0.39 is 0 Å². The number of nitrogens with zero attached hydrogens (tertiary/aromatic N) is 3. The Morgan fingerprint density at radius 2 is 1.79 bits per heavy atom. The molecule has 2 aromatic carbocycles. The van der Waals surface area contributed by atoms with Crippen molar-refractivity contribution < 1.29 is 4.74 Å². The number of aromatic amines is 1. The molecule has 140 valence electrons. The smallest absolute Gasteiger partial charge is 0.302 e. The highest BCUT2D eigenvalue weighted by atomic mass is 16.5. The molecule has 4 rings (SSSR count). The first-order valence-corrected chi connectivity index (χ1v) is 9.01. The Balaban J connectivity index is 1.53. The number of hydrogen-bond acceptors (Lipinski definition) is 5. The van der Waals surface area contributed by atoms with Gasteiger partial charge >= 0.3 is 6.01 Å². The third kappa shape index (κ3) is 3.57. The normalized spacial score (nSPS) is 11.9. The number of rotatable bonds is 5. The Morgan fingerprint density at radius 3 is 2.54 bits per heavy atom. The number of aromatic nitrogens is 3. The molecule has 6 nitrogen and oxygen atoms in total. The molecule has 0 amide bonds. The summed E-state index contributed by atoms with van der Waals surface area (Å²) in [6, 6.07) is 20.0. The average Bonchev–Trinajstić information content (AvgIpc) is 2.74. The average molecular weight is 372 g/mol. The van der Waals surface area contributed by atoms with E-state index in [4.69, 9.17) is 4.74 Å². The van der Waals surface area contributed by atoms with E-state index in [0.29, 0.717) is 16.7 Å². The largest absolute Gasteiger partial charge is 0.426 e. The maximum atomic E-state index is 12.1. The Bertz CT molecular complexity index is 1140. The van der Waals surface area contributed by atoms with Crippen molar-refractivity contribution in [3.63, 3.8) is 0 Å². The zero-order valence-electron chi connectivity index (χ0n) is 15.7. The molecule has 0 unspecified atom stereocenters. The van der Waals surface area contributed by atoms with Crippen LogP contribution >= 0.6 is 0 Å². The van der Waals surface area contributed by atoms with Crippen LogP contribution in [0.3, 0.4) is 0 Å². The lowest BCUT2D eigenvalue weighted by Crippen LogP contribution is -2.21. The highest BCUT2D eigenvalue weighted by molar-refractivity contribution is 5.76. The first-order chi connectivity index (χ1) is 13.6. The summed E-state index contributed by atoms with van der Waals surface area (Å²) in [5.74, 6) is 0.593. The molecule has 6 heteroatoms. The minimum absolute atomic E-state index is 0.143. The van der Waals surface area contributed by atoms with Gasteiger partial charge < -0.3 is 9.64 Å². The van der Waals surface area contributed by atoms with Gasteiger partial charge in [-0.1, -0.05) is 30.3 Å². The number of ether oxygens (including phenoxy) is 1. The minimum atomic E-state index is -0.254. The molecule has 0 saturated carbocycles. The van der Waals surface area contributed by atoms with Crippen LogP contribution in [-0.4, -0.2) is 22.0 Å². The second kappa shape index (κ2) is 7.52. The van der Waals surface area contributed by atoms with Crippen LogP contribution in [0.5, 0.6) is 11.8 Å². The van der Waals surface area contributed by atoms with Crippen LogP contribution in [0, 0.1) is 0 Å². The van der Waals surface area contributed by atoms with Crippen LogP contribution in [0.4, 0.5) is 5.69 Å². The van der Waals surface area contributed by atoms with E-state index in [0.717, 1.165) is 5.69 Å². The van der Waals surface area contributed by atoms with Crippen LogP contribution in [0.2, 0.25) is 0 Å². The molecule has 0 aliphatic rings. The quantitative estimate of drug-likeness (QED) is 0.565. The number of pyridine rings is 1. The van der Waals surface area contributed by atoms with E-state index in [9.17, 15) is 4.79 Å². The van der Waals surface area contributed by atoms with E-state index >= 15 is 0 Å². The van der Waals surface area contributed by atoms with E-state index in [2.05, 4.69) is 46.0 Å². The number of hydrogen-bond donors (Lipinski definition) is 1. The molecule has 0 saturated heterocycles. The second-order valence-electron chi connectivity index (χ2n) is 6.56. The van der Waals surface area contributed by atoms with Crippen molar-refractivity contribution in [1.82, 2.24) is 15.0 Å². The Kier molecular flexibility index (Phi) is 4.76. The summed E-state index contributed by atoms with van der Waals surface area (Å²) in [7, 11) is 2.06. The first kappa shape index (κ1) is 17.7. The van der Waals surface area contributed by atoms with Gasteiger partial charge in [0.2, 0.25) is 0 Å². The molecule has 0 fully saturated rings. The van der Waals surface area contributed by atoms with Crippen molar-refractivity contribution in [1.29, 1.82) is 0 Å². The second-order valence-corrected chi connectivity index (χ2v) is 6.56. The molecule has 4 aromatic rings. The van der Waals surface area contributed by atoms with Crippen LogP contribution in [0.15, 0.2) is 77.9 Å². The fourth-order valence-electron chi connectivity index (χ4n) is 3.06. The summed E-state index contributed by atoms with van der Waals surface area (Å²) in [6.07, 6.45) is 3.10. The van der Waals surface area contributed by atoms with Crippen molar-refractivity contribution in [2.75, 3.05) is 11.9 Å². The van der Waals surface area contributed by atoms with Crippen LogP contribution in [-0.2, 0) is 0 Å². The fraction of sp³-hybridized carbons (Fsp3) is 0.136. The van der Waals surface area contributed by atoms with Gasteiger partial charge in [0.1, 0.15) is 5.75 Å².